The van der Waals surface area contributed by atoms with Crippen molar-refractivity contribution in [3.63, 3.8) is 0 Å². The third kappa shape index (κ3) is 3.58. The smallest absolute Gasteiger partial charge is 0.0613 e. The van der Waals surface area contributed by atoms with Gasteiger partial charge in [-0.3, -0.25) is 0 Å². The summed E-state index contributed by atoms with van der Waals surface area (Å²) in [7, 11) is 0. The third-order valence-corrected chi connectivity index (χ3v) is 3.36. The molecule has 0 amide bonds. The Labute approximate surface area is 88.1 Å². The Morgan fingerprint density at radius 3 is 2.14 bits per heavy atom. The molecule has 1 aliphatic rings. The van der Waals surface area contributed by atoms with E-state index in [4.69, 9.17) is 0 Å². The molecule has 0 atom stereocenters. The maximum atomic E-state index is 9.52. The van der Waals surface area contributed by atoms with Gasteiger partial charge in [-0.2, -0.15) is 0 Å². The van der Waals surface area contributed by atoms with Crippen LogP contribution in [0.3, 0.4) is 0 Å². The summed E-state index contributed by atoms with van der Waals surface area (Å²) >= 11 is 0. The fraction of sp³-hybridized carbons (Fsp3) is 1.00. The summed E-state index contributed by atoms with van der Waals surface area (Å²) in [5, 5.41) is 13.1. The maximum Gasteiger partial charge on any atom is 0.0613 e. The van der Waals surface area contributed by atoms with E-state index < -0.39 is 0 Å². The van der Waals surface area contributed by atoms with Crippen LogP contribution >= 0.6 is 0 Å². The summed E-state index contributed by atoms with van der Waals surface area (Å²) in [5.74, 6) is 0. The van der Waals surface area contributed by atoms with Gasteiger partial charge in [0.05, 0.1) is 6.61 Å². The Bertz CT molecular complexity index is 134. The molecule has 0 aromatic rings. The van der Waals surface area contributed by atoms with Crippen LogP contribution in [0.2, 0.25) is 0 Å². The maximum absolute atomic E-state index is 9.52. The van der Waals surface area contributed by atoms with Crippen LogP contribution in [-0.4, -0.2) is 23.8 Å². The molecule has 1 rings (SSSR count). The van der Waals surface area contributed by atoms with Crippen molar-refractivity contribution in [2.45, 2.75) is 63.8 Å². The van der Waals surface area contributed by atoms with E-state index in [-0.39, 0.29) is 5.54 Å². The second-order valence-electron chi connectivity index (χ2n) is 4.63. The fourth-order valence-corrected chi connectivity index (χ4v) is 2.36. The van der Waals surface area contributed by atoms with Gasteiger partial charge in [-0.25, -0.2) is 0 Å². The van der Waals surface area contributed by atoms with Crippen LogP contribution in [-0.2, 0) is 0 Å². The van der Waals surface area contributed by atoms with Crippen molar-refractivity contribution in [2.75, 3.05) is 13.2 Å². The van der Waals surface area contributed by atoms with Crippen molar-refractivity contribution >= 4 is 0 Å². The summed E-state index contributed by atoms with van der Waals surface area (Å²) in [4.78, 5) is 0. The molecular formula is C12H25NO. The van der Waals surface area contributed by atoms with Crippen molar-refractivity contribution in [3.8, 4) is 0 Å². The minimum Gasteiger partial charge on any atom is -0.394 e. The van der Waals surface area contributed by atoms with E-state index in [1.807, 2.05) is 0 Å². The van der Waals surface area contributed by atoms with Crippen LogP contribution < -0.4 is 5.32 Å². The molecule has 0 aromatic heterocycles. The number of rotatable bonds is 4. The van der Waals surface area contributed by atoms with Crippen molar-refractivity contribution in [3.05, 3.63) is 0 Å². The van der Waals surface area contributed by atoms with Gasteiger partial charge in [-0.05, 0) is 25.8 Å². The Hall–Kier alpha value is -0.0800. The second-order valence-corrected chi connectivity index (χ2v) is 4.63. The lowest BCUT2D eigenvalue weighted by Gasteiger charge is -2.35. The first-order valence-electron chi connectivity index (χ1n) is 6.19. The average Bonchev–Trinajstić information content (AvgIpc) is 2.18. The molecule has 0 aliphatic heterocycles. The molecule has 0 heterocycles. The molecular weight excluding hydrogens is 174 g/mol. The van der Waals surface area contributed by atoms with E-state index in [1.54, 1.807) is 0 Å². The van der Waals surface area contributed by atoms with Gasteiger partial charge in [0, 0.05) is 5.54 Å². The zero-order valence-electron chi connectivity index (χ0n) is 9.52. The van der Waals surface area contributed by atoms with Crippen LogP contribution in [0.25, 0.3) is 0 Å². The minimum absolute atomic E-state index is 0.0520. The molecule has 1 saturated carbocycles. The second kappa shape index (κ2) is 6.41. The van der Waals surface area contributed by atoms with Crippen LogP contribution in [0.4, 0.5) is 0 Å². The lowest BCUT2D eigenvalue weighted by atomic mass is 9.84. The summed E-state index contributed by atoms with van der Waals surface area (Å²) in [5.41, 5.74) is 0.0520. The lowest BCUT2D eigenvalue weighted by molar-refractivity contribution is 0.131. The Kier molecular flexibility index (Phi) is 5.49. The van der Waals surface area contributed by atoms with Gasteiger partial charge in [-0.15, -0.1) is 0 Å². The van der Waals surface area contributed by atoms with Crippen molar-refractivity contribution in [1.29, 1.82) is 0 Å². The standard InChI is InChI=1S/C12H25NO/c1-2-10-13-12(11-14)8-6-4-3-5-7-9-12/h13-14H,2-11H2,1H3. The number of hydrogen-bond acceptors (Lipinski definition) is 2. The Balaban J connectivity index is 2.44. The van der Waals surface area contributed by atoms with Crippen molar-refractivity contribution in [2.24, 2.45) is 0 Å². The number of aliphatic hydroxyl groups excluding tert-OH is 1. The van der Waals surface area contributed by atoms with Gasteiger partial charge in [0.15, 0.2) is 0 Å². The zero-order chi connectivity index (χ0) is 10.3. The van der Waals surface area contributed by atoms with Gasteiger partial charge in [0.2, 0.25) is 0 Å². The minimum atomic E-state index is 0.0520. The molecule has 14 heavy (non-hydrogen) atoms. The molecule has 0 bridgehead atoms. The van der Waals surface area contributed by atoms with E-state index in [0.29, 0.717) is 6.61 Å². The van der Waals surface area contributed by atoms with Gasteiger partial charge in [0.1, 0.15) is 0 Å². The van der Waals surface area contributed by atoms with Crippen LogP contribution in [0.1, 0.15) is 58.3 Å². The normalized spacial score (nSPS) is 22.7. The predicted octanol–water partition coefficient (Wildman–Crippen LogP) is 2.46. The summed E-state index contributed by atoms with van der Waals surface area (Å²) in [6.45, 7) is 3.54. The molecule has 0 aromatic carbocycles. The van der Waals surface area contributed by atoms with E-state index >= 15 is 0 Å². The highest BCUT2D eigenvalue weighted by Gasteiger charge is 2.28. The van der Waals surface area contributed by atoms with Crippen molar-refractivity contribution < 1.29 is 5.11 Å². The van der Waals surface area contributed by atoms with E-state index in [1.165, 1.54) is 32.1 Å². The molecule has 0 unspecified atom stereocenters. The van der Waals surface area contributed by atoms with Gasteiger partial charge in [-0.1, -0.05) is 39.0 Å². The molecule has 84 valence electrons. The first-order chi connectivity index (χ1) is 6.83. The number of nitrogens with one attached hydrogen (secondary N) is 1. The quantitative estimate of drug-likeness (QED) is 0.729. The fourth-order valence-electron chi connectivity index (χ4n) is 2.36. The first-order valence-corrected chi connectivity index (χ1v) is 6.19. The monoisotopic (exact) mass is 199 g/mol. The Morgan fingerprint density at radius 1 is 1.07 bits per heavy atom. The summed E-state index contributed by atoms with van der Waals surface area (Å²) in [6.07, 6.45) is 10.1. The first kappa shape index (κ1) is 12.0. The predicted molar refractivity (Wildman–Crippen MR) is 60.4 cm³/mol. The molecule has 1 fully saturated rings. The van der Waals surface area contributed by atoms with Crippen molar-refractivity contribution in [1.82, 2.24) is 5.32 Å². The lowest BCUT2D eigenvalue weighted by Crippen LogP contribution is -2.49. The molecule has 0 spiro atoms. The van der Waals surface area contributed by atoms with E-state index in [0.717, 1.165) is 25.8 Å². The topological polar surface area (TPSA) is 32.3 Å². The van der Waals surface area contributed by atoms with E-state index in [9.17, 15) is 5.11 Å². The SMILES string of the molecule is CCCNC1(CO)CCCCCCC1. The highest BCUT2D eigenvalue weighted by Crippen LogP contribution is 2.25. The largest absolute Gasteiger partial charge is 0.394 e. The number of hydrogen-bond donors (Lipinski definition) is 2. The van der Waals surface area contributed by atoms with Crippen LogP contribution in [0.15, 0.2) is 0 Å². The zero-order valence-corrected chi connectivity index (χ0v) is 9.52. The molecule has 0 saturated heterocycles. The average molecular weight is 199 g/mol. The number of aliphatic hydroxyl groups is 1. The van der Waals surface area contributed by atoms with Gasteiger partial charge < -0.3 is 10.4 Å². The molecule has 1 aliphatic carbocycles. The van der Waals surface area contributed by atoms with E-state index in [2.05, 4.69) is 12.2 Å². The third-order valence-electron chi connectivity index (χ3n) is 3.36. The van der Waals surface area contributed by atoms with Gasteiger partial charge >= 0.3 is 0 Å². The molecule has 2 N–H and O–H groups in total. The molecule has 2 nitrogen and oxygen atoms in total. The summed E-state index contributed by atoms with van der Waals surface area (Å²) in [6, 6.07) is 0. The summed E-state index contributed by atoms with van der Waals surface area (Å²) < 4.78 is 0. The highest BCUT2D eigenvalue weighted by molar-refractivity contribution is 4.88. The Morgan fingerprint density at radius 2 is 1.64 bits per heavy atom. The van der Waals surface area contributed by atoms with Crippen LogP contribution in [0, 0.1) is 0 Å². The van der Waals surface area contributed by atoms with Gasteiger partial charge in [0.25, 0.3) is 0 Å². The molecule has 2 heteroatoms. The highest BCUT2D eigenvalue weighted by atomic mass is 16.3. The molecule has 0 radical (unpaired) electrons. The van der Waals surface area contributed by atoms with Crippen LogP contribution in [0.5, 0.6) is 0 Å².